The molecular formula is C13H9NOS2. The Morgan fingerprint density at radius 3 is 3.06 bits per heavy atom. The summed E-state index contributed by atoms with van der Waals surface area (Å²) in [7, 11) is 0. The Morgan fingerprint density at radius 1 is 1.29 bits per heavy atom. The molecule has 0 aromatic carbocycles. The highest BCUT2D eigenvalue weighted by molar-refractivity contribution is 7.17. The standard InChI is InChI=1S/C13H9NOS2/c15-12(5-9-1-3-16-8-9)10-6-13-11(14-7-10)2-4-17-13/h1-4,6-8H,5H2. The Morgan fingerprint density at radius 2 is 2.24 bits per heavy atom. The summed E-state index contributed by atoms with van der Waals surface area (Å²) in [6.07, 6.45) is 2.13. The fraction of sp³-hybridized carbons (Fsp3) is 0.0769. The Bertz CT molecular complexity index is 655. The molecule has 0 aliphatic rings. The van der Waals surface area contributed by atoms with Gasteiger partial charge in [-0.05, 0) is 39.9 Å². The lowest BCUT2D eigenvalue weighted by molar-refractivity contribution is 0.0993. The molecule has 0 aliphatic heterocycles. The van der Waals surface area contributed by atoms with E-state index in [1.807, 2.05) is 34.3 Å². The van der Waals surface area contributed by atoms with Crippen LogP contribution in [0.1, 0.15) is 15.9 Å². The van der Waals surface area contributed by atoms with Gasteiger partial charge < -0.3 is 0 Å². The highest BCUT2D eigenvalue weighted by Crippen LogP contribution is 2.20. The van der Waals surface area contributed by atoms with Crippen molar-refractivity contribution >= 4 is 38.7 Å². The maximum Gasteiger partial charge on any atom is 0.168 e. The van der Waals surface area contributed by atoms with Gasteiger partial charge in [0.25, 0.3) is 0 Å². The maximum absolute atomic E-state index is 12.0. The van der Waals surface area contributed by atoms with Crippen LogP contribution in [-0.4, -0.2) is 10.8 Å². The van der Waals surface area contributed by atoms with Gasteiger partial charge in [0, 0.05) is 18.2 Å². The molecular weight excluding hydrogens is 250 g/mol. The van der Waals surface area contributed by atoms with E-state index >= 15 is 0 Å². The summed E-state index contributed by atoms with van der Waals surface area (Å²) in [6.45, 7) is 0. The highest BCUT2D eigenvalue weighted by Gasteiger charge is 2.09. The van der Waals surface area contributed by atoms with Gasteiger partial charge in [-0.1, -0.05) is 0 Å². The first-order valence-corrected chi connectivity index (χ1v) is 7.03. The predicted molar refractivity (Wildman–Crippen MR) is 72.0 cm³/mol. The molecule has 2 nitrogen and oxygen atoms in total. The molecule has 0 unspecified atom stereocenters. The van der Waals surface area contributed by atoms with E-state index in [4.69, 9.17) is 0 Å². The Balaban J connectivity index is 1.90. The Hall–Kier alpha value is -1.52. The Kier molecular flexibility index (Phi) is 2.74. The highest BCUT2D eigenvalue weighted by atomic mass is 32.1. The van der Waals surface area contributed by atoms with E-state index in [-0.39, 0.29) is 5.78 Å². The molecule has 3 rings (SSSR count). The summed E-state index contributed by atoms with van der Waals surface area (Å²) in [4.78, 5) is 16.3. The monoisotopic (exact) mass is 259 g/mol. The van der Waals surface area contributed by atoms with E-state index in [0.717, 1.165) is 15.8 Å². The first-order chi connectivity index (χ1) is 8.33. The number of thiophene rings is 2. The largest absolute Gasteiger partial charge is 0.294 e. The molecule has 84 valence electrons. The lowest BCUT2D eigenvalue weighted by atomic mass is 10.1. The van der Waals surface area contributed by atoms with Crippen molar-refractivity contribution in [3.8, 4) is 0 Å². The zero-order valence-electron chi connectivity index (χ0n) is 8.92. The third-order valence-electron chi connectivity index (χ3n) is 2.57. The number of carbonyl (C=O) groups excluding carboxylic acids is 1. The van der Waals surface area contributed by atoms with Crippen LogP contribution in [0, 0.1) is 0 Å². The van der Waals surface area contributed by atoms with Crippen molar-refractivity contribution in [2.45, 2.75) is 6.42 Å². The number of rotatable bonds is 3. The molecule has 0 atom stereocenters. The van der Waals surface area contributed by atoms with Crippen molar-refractivity contribution in [1.82, 2.24) is 4.98 Å². The molecule has 0 amide bonds. The summed E-state index contributed by atoms with van der Waals surface area (Å²) < 4.78 is 1.07. The molecule has 0 saturated heterocycles. The number of carbonyl (C=O) groups is 1. The van der Waals surface area contributed by atoms with Gasteiger partial charge in [-0.2, -0.15) is 11.3 Å². The average molecular weight is 259 g/mol. The zero-order valence-corrected chi connectivity index (χ0v) is 10.6. The topological polar surface area (TPSA) is 30.0 Å². The van der Waals surface area contributed by atoms with Crippen LogP contribution in [0.3, 0.4) is 0 Å². The van der Waals surface area contributed by atoms with E-state index in [1.54, 1.807) is 28.9 Å². The van der Waals surface area contributed by atoms with Gasteiger partial charge in [0.05, 0.1) is 10.2 Å². The van der Waals surface area contributed by atoms with Gasteiger partial charge in [-0.25, -0.2) is 0 Å². The van der Waals surface area contributed by atoms with Crippen LogP contribution >= 0.6 is 22.7 Å². The van der Waals surface area contributed by atoms with E-state index in [2.05, 4.69) is 4.98 Å². The second kappa shape index (κ2) is 4.39. The lowest BCUT2D eigenvalue weighted by Crippen LogP contribution is -2.02. The lowest BCUT2D eigenvalue weighted by Gasteiger charge is -1.99. The molecule has 0 radical (unpaired) electrons. The fourth-order valence-electron chi connectivity index (χ4n) is 1.68. The molecule has 17 heavy (non-hydrogen) atoms. The van der Waals surface area contributed by atoms with Gasteiger partial charge in [-0.15, -0.1) is 11.3 Å². The van der Waals surface area contributed by atoms with Crippen molar-refractivity contribution in [2.24, 2.45) is 0 Å². The maximum atomic E-state index is 12.0. The molecule has 0 saturated carbocycles. The second-order valence-electron chi connectivity index (χ2n) is 3.76. The minimum absolute atomic E-state index is 0.131. The average Bonchev–Trinajstić information content (AvgIpc) is 2.97. The molecule has 3 aromatic heterocycles. The SMILES string of the molecule is O=C(Cc1ccsc1)c1cnc2ccsc2c1. The van der Waals surface area contributed by atoms with Crippen molar-refractivity contribution in [2.75, 3.05) is 0 Å². The number of pyridine rings is 1. The molecule has 0 fully saturated rings. The van der Waals surface area contributed by atoms with E-state index in [1.165, 1.54) is 0 Å². The first-order valence-electron chi connectivity index (χ1n) is 5.20. The van der Waals surface area contributed by atoms with Crippen LogP contribution in [0.2, 0.25) is 0 Å². The molecule has 0 spiro atoms. The van der Waals surface area contributed by atoms with Crippen molar-refractivity contribution in [1.29, 1.82) is 0 Å². The summed E-state index contributed by atoms with van der Waals surface area (Å²) in [5.41, 5.74) is 2.74. The molecule has 4 heteroatoms. The van der Waals surface area contributed by atoms with Gasteiger partial charge in [0.15, 0.2) is 5.78 Å². The van der Waals surface area contributed by atoms with E-state index in [9.17, 15) is 4.79 Å². The predicted octanol–water partition coefficient (Wildman–Crippen LogP) is 3.78. The third kappa shape index (κ3) is 2.14. The first kappa shape index (κ1) is 10.6. The summed E-state index contributed by atoms with van der Waals surface area (Å²) in [5, 5.41) is 5.99. The smallest absolute Gasteiger partial charge is 0.168 e. The molecule has 0 bridgehead atoms. The number of fused-ring (bicyclic) bond motifs is 1. The van der Waals surface area contributed by atoms with Gasteiger partial charge in [-0.3, -0.25) is 9.78 Å². The number of hydrogen-bond acceptors (Lipinski definition) is 4. The summed E-state index contributed by atoms with van der Waals surface area (Å²) in [6, 6.07) is 5.88. The molecule has 0 aliphatic carbocycles. The second-order valence-corrected chi connectivity index (χ2v) is 5.49. The van der Waals surface area contributed by atoms with Crippen LogP contribution in [0.25, 0.3) is 10.2 Å². The normalized spacial score (nSPS) is 10.8. The van der Waals surface area contributed by atoms with E-state index < -0.39 is 0 Å². The van der Waals surface area contributed by atoms with Gasteiger partial charge >= 0.3 is 0 Å². The molecule has 3 heterocycles. The van der Waals surface area contributed by atoms with Crippen molar-refractivity contribution < 1.29 is 4.79 Å². The minimum Gasteiger partial charge on any atom is -0.294 e. The van der Waals surface area contributed by atoms with E-state index in [0.29, 0.717) is 12.0 Å². The number of hydrogen-bond donors (Lipinski definition) is 0. The van der Waals surface area contributed by atoms with Gasteiger partial charge in [0.1, 0.15) is 0 Å². The fourth-order valence-corrected chi connectivity index (χ4v) is 3.13. The number of nitrogens with zero attached hydrogens (tertiary/aromatic N) is 1. The molecule has 0 N–H and O–H groups in total. The summed E-state index contributed by atoms with van der Waals surface area (Å²) in [5.74, 6) is 0.131. The number of ketones is 1. The van der Waals surface area contributed by atoms with Crippen LogP contribution in [0.5, 0.6) is 0 Å². The van der Waals surface area contributed by atoms with Crippen molar-refractivity contribution in [3.05, 3.63) is 51.7 Å². The van der Waals surface area contributed by atoms with Gasteiger partial charge in [0.2, 0.25) is 0 Å². The minimum atomic E-state index is 0.131. The summed E-state index contributed by atoms with van der Waals surface area (Å²) >= 11 is 3.23. The van der Waals surface area contributed by atoms with Crippen molar-refractivity contribution in [3.63, 3.8) is 0 Å². The Labute approximate surface area is 107 Å². The van der Waals surface area contributed by atoms with Crippen LogP contribution in [-0.2, 0) is 6.42 Å². The number of Topliss-reactive ketones (excluding diaryl/α,β-unsaturated/α-hetero) is 1. The van der Waals surface area contributed by atoms with Crippen LogP contribution in [0.15, 0.2) is 40.5 Å². The molecule has 3 aromatic rings. The number of aromatic nitrogens is 1. The van der Waals surface area contributed by atoms with Crippen LogP contribution < -0.4 is 0 Å². The van der Waals surface area contributed by atoms with Crippen LogP contribution in [0.4, 0.5) is 0 Å². The zero-order chi connectivity index (χ0) is 11.7. The quantitative estimate of drug-likeness (QED) is 0.670. The third-order valence-corrected chi connectivity index (χ3v) is 4.15.